The SMILES string of the molecule is Cc1c/c(=C2/C=CC[N+]([O-])=C2)nc2c1=CC(=NC(=O)COc1ccc(C(F)(F)F)cc1)C=C2. The van der Waals surface area contributed by atoms with E-state index in [0.29, 0.717) is 28.9 Å². The first-order valence-electron chi connectivity index (χ1n) is 9.97. The van der Waals surface area contributed by atoms with Crippen LogP contribution in [0.3, 0.4) is 0 Å². The Kier molecular flexibility index (Phi) is 5.95. The van der Waals surface area contributed by atoms with Crippen molar-refractivity contribution in [3.63, 3.8) is 0 Å². The van der Waals surface area contributed by atoms with E-state index in [2.05, 4.69) is 9.98 Å². The third kappa shape index (κ3) is 5.25. The van der Waals surface area contributed by atoms with Crippen LogP contribution in [0.5, 0.6) is 5.75 Å². The fourth-order valence-electron chi connectivity index (χ4n) is 3.35. The Morgan fingerprint density at radius 2 is 1.97 bits per heavy atom. The average molecular weight is 453 g/mol. The fraction of sp³-hybridized carbons (Fsp3) is 0.167. The van der Waals surface area contributed by atoms with E-state index in [0.717, 1.165) is 39.8 Å². The number of fused-ring (bicyclic) bond motifs is 1. The molecule has 0 radical (unpaired) electrons. The molecule has 1 aromatic heterocycles. The van der Waals surface area contributed by atoms with Gasteiger partial charge in [-0.1, -0.05) is 0 Å². The number of carbonyl (C=O) groups excluding carboxylic acids is 1. The molecule has 1 aliphatic heterocycles. The predicted octanol–water partition coefficient (Wildman–Crippen LogP) is 2.56. The van der Waals surface area contributed by atoms with E-state index < -0.39 is 24.3 Å². The largest absolute Gasteiger partial charge is 0.624 e. The van der Waals surface area contributed by atoms with E-state index in [1.165, 1.54) is 6.21 Å². The second-order valence-electron chi connectivity index (χ2n) is 7.43. The highest BCUT2D eigenvalue weighted by Gasteiger charge is 2.30. The van der Waals surface area contributed by atoms with E-state index in [9.17, 15) is 23.2 Å². The van der Waals surface area contributed by atoms with Crippen LogP contribution >= 0.6 is 0 Å². The zero-order valence-electron chi connectivity index (χ0n) is 17.5. The van der Waals surface area contributed by atoms with Crippen molar-refractivity contribution < 1.29 is 27.4 Å². The molecule has 0 saturated carbocycles. The highest BCUT2D eigenvalue weighted by molar-refractivity contribution is 6.23. The maximum atomic E-state index is 12.6. The minimum absolute atomic E-state index is 0.139. The number of aliphatic imine (C=N–C) groups is 1. The standard InChI is InChI=1S/C24H18F3N3O3/c1-15-11-22(16-3-2-10-30(32)13-16)29-21-9-6-18(12-20(15)21)28-23(31)14-33-19-7-4-17(5-8-19)24(25,26)27/h2-9,11-13H,10,14H2,1H3/b22-16+,28-18?. The van der Waals surface area contributed by atoms with Gasteiger partial charge in [0.25, 0.3) is 5.91 Å². The molecule has 0 fully saturated rings. The summed E-state index contributed by atoms with van der Waals surface area (Å²) in [4.78, 5) is 20.8. The third-order valence-corrected chi connectivity index (χ3v) is 4.96. The minimum Gasteiger partial charge on any atom is -0.624 e. The molecule has 0 atom stereocenters. The van der Waals surface area contributed by atoms with Crippen molar-refractivity contribution in [1.82, 2.24) is 4.98 Å². The quantitative estimate of drug-likeness (QED) is 0.529. The maximum absolute atomic E-state index is 12.6. The van der Waals surface area contributed by atoms with E-state index in [1.807, 2.05) is 19.1 Å². The molecule has 0 bridgehead atoms. The molecule has 9 heteroatoms. The van der Waals surface area contributed by atoms with Gasteiger partial charge < -0.3 is 9.94 Å². The molecule has 6 nitrogen and oxygen atoms in total. The number of pyridine rings is 1. The summed E-state index contributed by atoms with van der Waals surface area (Å²) in [5, 5.41) is 13.1. The highest BCUT2D eigenvalue weighted by Crippen LogP contribution is 2.30. The first kappa shape index (κ1) is 22.2. The number of aromatic nitrogens is 1. The Labute approximate surface area is 186 Å². The fourth-order valence-corrected chi connectivity index (χ4v) is 3.35. The number of rotatable bonds is 3. The lowest BCUT2D eigenvalue weighted by atomic mass is 10.0. The van der Waals surface area contributed by atoms with Gasteiger partial charge in [0, 0.05) is 5.22 Å². The van der Waals surface area contributed by atoms with Crippen molar-refractivity contribution in [2.75, 3.05) is 13.2 Å². The Morgan fingerprint density at radius 1 is 1.21 bits per heavy atom. The molecule has 1 aromatic carbocycles. The number of hydrogen-bond donors (Lipinski definition) is 0. The van der Waals surface area contributed by atoms with Crippen molar-refractivity contribution in [3.8, 4) is 5.75 Å². The zero-order chi connectivity index (χ0) is 23.6. The van der Waals surface area contributed by atoms with Crippen molar-refractivity contribution in [2.24, 2.45) is 4.99 Å². The second-order valence-corrected chi connectivity index (χ2v) is 7.43. The molecular formula is C24H18F3N3O3. The molecule has 1 aliphatic carbocycles. The van der Waals surface area contributed by atoms with Gasteiger partial charge in [-0.15, -0.1) is 0 Å². The van der Waals surface area contributed by atoms with Crippen LogP contribution in [0.15, 0.2) is 53.6 Å². The summed E-state index contributed by atoms with van der Waals surface area (Å²) in [7, 11) is 0. The molecule has 168 valence electrons. The number of aryl methyl sites for hydroxylation is 1. The van der Waals surface area contributed by atoms with Gasteiger partial charge in [0.15, 0.2) is 19.4 Å². The molecule has 0 saturated heterocycles. The Balaban J connectivity index is 1.51. The molecule has 2 aliphatic rings. The van der Waals surface area contributed by atoms with Crippen LogP contribution in [0.4, 0.5) is 13.2 Å². The number of hydrogen-bond acceptors (Lipinski definition) is 4. The number of carbonyl (C=O) groups is 1. The highest BCUT2D eigenvalue weighted by atomic mass is 19.4. The zero-order valence-corrected chi connectivity index (χ0v) is 17.5. The third-order valence-electron chi connectivity index (χ3n) is 4.96. The van der Waals surface area contributed by atoms with Gasteiger partial charge in [0.1, 0.15) is 5.75 Å². The number of hydroxylamine groups is 1. The lowest BCUT2D eigenvalue weighted by molar-refractivity contribution is -0.440. The average Bonchev–Trinajstić information content (AvgIpc) is 2.78. The number of allylic oxidation sites excluding steroid dienone is 2. The minimum atomic E-state index is -4.44. The Morgan fingerprint density at radius 3 is 2.67 bits per heavy atom. The normalized spacial score (nSPS) is 17.9. The van der Waals surface area contributed by atoms with Gasteiger partial charge in [0.2, 0.25) is 0 Å². The monoisotopic (exact) mass is 453 g/mol. The van der Waals surface area contributed by atoms with Gasteiger partial charge in [-0.2, -0.15) is 13.2 Å². The number of alkyl halides is 3. The molecule has 2 aromatic rings. The summed E-state index contributed by atoms with van der Waals surface area (Å²) in [6.45, 7) is 1.79. The van der Waals surface area contributed by atoms with Gasteiger partial charge in [-0.05, 0) is 73.2 Å². The molecule has 0 N–H and O–H groups in total. The molecule has 1 amide bonds. The molecule has 0 spiro atoms. The summed E-state index contributed by atoms with van der Waals surface area (Å²) in [5.74, 6) is -0.440. The van der Waals surface area contributed by atoms with E-state index in [4.69, 9.17) is 4.74 Å². The lowest BCUT2D eigenvalue weighted by Gasteiger charge is -2.09. The Bertz CT molecular complexity index is 1350. The van der Waals surface area contributed by atoms with Crippen LogP contribution < -0.4 is 15.3 Å². The van der Waals surface area contributed by atoms with Gasteiger partial charge >= 0.3 is 6.18 Å². The van der Waals surface area contributed by atoms with Crippen molar-refractivity contribution in [2.45, 2.75) is 13.1 Å². The summed E-state index contributed by atoms with van der Waals surface area (Å²) < 4.78 is 43.9. The molecule has 4 rings (SSSR count). The van der Waals surface area contributed by atoms with Crippen LogP contribution in [0.25, 0.3) is 17.7 Å². The number of halogens is 3. The van der Waals surface area contributed by atoms with Crippen LogP contribution in [-0.2, 0) is 11.0 Å². The second kappa shape index (κ2) is 8.85. The molecule has 0 unspecified atom stereocenters. The van der Waals surface area contributed by atoms with Gasteiger partial charge in [-0.25, -0.2) is 14.7 Å². The summed E-state index contributed by atoms with van der Waals surface area (Å²) >= 11 is 0. The van der Waals surface area contributed by atoms with Crippen molar-refractivity contribution in [1.29, 1.82) is 0 Å². The van der Waals surface area contributed by atoms with Crippen molar-refractivity contribution >= 4 is 35.6 Å². The van der Waals surface area contributed by atoms with E-state index in [1.54, 1.807) is 24.3 Å². The molecule has 2 heterocycles. The summed E-state index contributed by atoms with van der Waals surface area (Å²) in [5.41, 5.74) is 1.91. The Hall–Kier alpha value is -4.01. The first-order valence-corrected chi connectivity index (χ1v) is 9.97. The first-order chi connectivity index (χ1) is 15.7. The number of ether oxygens (including phenoxy) is 1. The summed E-state index contributed by atoms with van der Waals surface area (Å²) in [6.07, 6.45) is 5.77. The van der Waals surface area contributed by atoms with Crippen LogP contribution in [0, 0.1) is 12.1 Å². The van der Waals surface area contributed by atoms with Crippen molar-refractivity contribution in [3.05, 3.63) is 81.2 Å². The maximum Gasteiger partial charge on any atom is 0.416 e. The van der Waals surface area contributed by atoms with E-state index in [-0.39, 0.29) is 5.75 Å². The van der Waals surface area contributed by atoms with Crippen LogP contribution in [0.2, 0.25) is 0 Å². The number of amides is 1. The van der Waals surface area contributed by atoms with Crippen LogP contribution in [0.1, 0.15) is 16.8 Å². The van der Waals surface area contributed by atoms with Gasteiger partial charge in [-0.3, -0.25) is 4.79 Å². The van der Waals surface area contributed by atoms with Gasteiger partial charge in [0.05, 0.1) is 27.9 Å². The molecular weight excluding hydrogens is 435 g/mol. The smallest absolute Gasteiger partial charge is 0.416 e. The molecule has 33 heavy (non-hydrogen) atoms. The van der Waals surface area contributed by atoms with E-state index >= 15 is 0 Å². The summed E-state index contributed by atoms with van der Waals surface area (Å²) in [6, 6.07) is 5.94. The predicted molar refractivity (Wildman–Crippen MR) is 118 cm³/mol. The topological polar surface area (TPSA) is 77.6 Å². The number of benzene rings is 1. The lowest BCUT2D eigenvalue weighted by Crippen LogP contribution is -2.27. The van der Waals surface area contributed by atoms with Crippen LogP contribution in [-0.4, -0.2) is 40.7 Å². The number of nitrogens with zero attached hydrogens (tertiary/aromatic N) is 3.